The average Bonchev–Trinajstić information content (AvgIpc) is 2.49. The molecule has 0 aliphatic carbocycles. The van der Waals surface area contributed by atoms with E-state index in [-0.39, 0.29) is 5.82 Å². The lowest BCUT2D eigenvalue weighted by Crippen LogP contribution is -2.47. The molecule has 0 bridgehead atoms. The number of hydrogen-bond donors (Lipinski definition) is 0. The van der Waals surface area contributed by atoms with Crippen LogP contribution in [-0.4, -0.2) is 43.8 Å². The van der Waals surface area contributed by atoms with Crippen LogP contribution in [0.3, 0.4) is 0 Å². The van der Waals surface area contributed by atoms with Crippen molar-refractivity contribution in [3.05, 3.63) is 34.6 Å². The normalized spacial score (nSPS) is 22.0. The summed E-state index contributed by atoms with van der Waals surface area (Å²) in [6.07, 6.45) is 1.69. The number of nitrogens with zero attached hydrogens (tertiary/aromatic N) is 1. The Labute approximate surface area is 130 Å². The van der Waals surface area contributed by atoms with Crippen LogP contribution in [0.1, 0.15) is 34.8 Å². The molecule has 0 saturated carbocycles. The fourth-order valence-corrected chi connectivity index (χ4v) is 3.35. The number of benzene rings is 1. The Morgan fingerprint density at radius 3 is 2.82 bits per heavy atom. The number of halogens is 1. The molecule has 1 atom stereocenters. The predicted molar refractivity (Wildman–Crippen MR) is 80.2 cm³/mol. The quantitative estimate of drug-likeness (QED) is 0.801. The third-order valence-corrected chi connectivity index (χ3v) is 4.71. The Kier molecular flexibility index (Phi) is 4.45. The summed E-state index contributed by atoms with van der Waals surface area (Å²) in [7, 11) is 1.32. The molecule has 0 aromatic heterocycles. The van der Waals surface area contributed by atoms with E-state index in [1.807, 2.05) is 0 Å². The summed E-state index contributed by atoms with van der Waals surface area (Å²) in [5.41, 5.74) is 1.95. The second kappa shape index (κ2) is 6.34. The minimum absolute atomic E-state index is 0.289. The Morgan fingerprint density at radius 1 is 1.45 bits per heavy atom. The molecule has 5 heteroatoms. The van der Waals surface area contributed by atoms with Crippen molar-refractivity contribution in [2.45, 2.75) is 32.4 Å². The minimum atomic E-state index is -0.488. The molecule has 4 nitrogen and oxygen atoms in total. The Balaban J connectivity index is 1.86. The molecular weight excluding hydrogens is 285 g/mol. The number of fused-ring (bicyclic) bond motifs is 1. The van der Waals surface area contributed by atoms with Crippen LogP contribution in [-0.2, 0) is 22.4 Å². The van der Waals surface area contributed by atoms with Gasteiger partial charge in [-0.2, -0.15) is 0 Å². The number of carbonyl (C=O) groups is 1. The maximum atomic E-state index is 14.4. The van der Waals surface area contributed by atoms with Crippen LogP contribution >= 0.6 is 0 Å². The zero-order valence-electron chi connectivity index (χ0n) is 13.1. The zero-order valence-corrected chi connectivity index (χ0v) is 13.1. The summed E-state index contributed by atoms with van der Waals surface area (Å²) >= 11 is 0. The van der Waals surface area contributed by atoms with Gasteiger partial charge in [0.05, 0.1) is 25.9 Å². The fourth-order valence-electron chi connectivity index (χ4n) is 3.35. The van der Waals surface area contributed by atoms with Crippen molar-refractivity contribution in [1.82, 2.24) is 4.90 Å². The van der Waals surface area contributed by atoms with Gasteiger partial charge in [-0.15, -0.1) is 0 Å². The molecule has 0 radical (unpaired) electrons. The van der Waals surface area contributed by atoms with Crippen molar-refractivity contribution < 1.29 is 18.7 Å². The van der Waals surface area contributed by atoms with E-state index in [1.165, 1.54) is 13.2 Å². The van der Waals surface area contributed by atoms with Gasteiger partial charge >= 0.3 is 5.97 Å². The van der Waals surface area contributed by atoms with Crippen molar-refractivity contribution in [1.29, 1.82) is 0 Å². The molecule has 2 aliphatic rings. The van der Waals surface area contributed by atoms with Crippen LogP contribution in [0.4, 0.5) is 4.39 Å². The molecule has 3 rings (SSSR count). The van der Waals surface area contributed by atoms with Gasteiger partial charge in [0.2, 0.25) is 0 Å². The molecule has 1 aromatic carbocycles. The van der Waals surface area contributed by atoms with Gasteiger partial charge in [0.25, 0.3) is 0 Å². The Hall–Kier alpha value is -1.46. The van der Waals surface area contributed by atoms with E-state index in [4.69, 9.17) is 9.47 Å². The SMILES string of the molecule is CCC1Cc2c(F)cc(C(=O)OC)cc2CN1CC1COC1. The highest BCUT2D eigenvalue weighted by Gasteiger charge is 2.31. The summed E-state index contributed by atoms with van der Waals surface area (Å²) in [6, 6.07) is 3.43. The highest BCUT2D eigenvalue weighted by molar-refractivity contribution is 5.89. The zero-order chi connectivity index (χ0) is 15.7. The summed E-state index contributed by atoms with van der Waals surface area (Å²) in [4.78, 5) is 14.1. The van der Waals surface area contributed by atoms with Crippen LogP contribution in [0, 0.1) is 11.7 Å². The van der Waals surface area contributed by atoms with Gasteiger partial charge in [0, 0.05) is 25.0 Å². The lowest BCUT2D eigenvalue weighted by molar-refractivity contribution is -0.0544. The first-order valence-corrected chi connectivity index (χ1v) is 7.83. The van der Waals surface area contributed by atoms with E-state index < -0.39 is 5.97 Å². The third-order valence-electron chi connectivity index (χ3n) is 4.71. The molecule has 120 valence electrons. The summed E-state index contributed by atoms with van der Waals surface area (Å²) in [5, 5.41) is 0. The first kappa shape index (κ1) is 15.4. The van der Waals surface area contributed by atoms with E-state index in [1.54, 1.807) is 6.07 Å². The fraction of sp³-hybridized carbons (Fsp3) is 0.588. The van der Waals surface area contributed by atoms with Crippen molar-refractivity contribution in [2.75, 3.05) is 26.9 Å². The Bertz CT molecular complexity index is 571. The second-order valence-corrected chi connectivity index (χ2v) is 6.19. The molecule has 1 unspecified atom stereocenters. The first-order valence-electron chi connectivity index (χ1n) is 7.83. The topological polar surface area (TPSA) is 38.8 Å². The van der Waals surface area contributed by atoms with Crippen molar-refractivity contribution >= 4 is 5.97 Å². The van der Waals surface area contributed by atoms with Gasteiger partial charge in [-0.05, 0) is 36.1 Å². The highest BCUT2D eigenvalue weighted by atomic mass is 19.1. The maximum absolute atomic E-state index is 14.4. The van der Waals surface area contributed by atoms with Gasteiger partial charge < -0.3 is 9.47 Å². The van der Waals surface area contributed by atoms with Gasteiger partial charge in [-0.1, -0.05) is 6.92 Å². The molecular formula is C17H22FNO3. The lowest BCUT2D eigenvalue weighted by atomic mass is 9.89. The number of rotatable bonds is 4. The highest BCUT2D eigenvalue weighted by Crippen LogP contribution is 2.30. The number of esters is 1. The van der Waals surface area contributed by atoms with E-state index in [9.17, 15) is 9.18 Å². The summed E-state index contributed by atoms with van der Waals surface area (Å²) in [5.74, 6) is -0.203. The van der Waals surface area contributed by atoms with Gasteiger partial charge in [0.15, 0.2) is 0 Å². The van der Waals surface area contributed by atoms with Crippen molar-refractivity contribution in [2.24, 2.45) is 5.92 Å². The van der Waals surface area contributed by atoms with E-state index in [2.05, 4.69) is 11.8 Å². The standard InChI is InChI=1S/C17H22FNO3/c1-3-14-6-15-13(8-19(14)7-11-9-22-10-11)4-12(5-16(15)18)17(20)21-2/h4-5,11,14H,3,6-10H2,1-2H3. The molecule has 0 N–H and O–H groups in total. The molecule has 1 aromatic rings. The van der Waals surface area contributed by atoms with Crippen LogP contribution in [0.5, 0.6) is 0 Å². The van der Waals surface area contributed by atoms with E-state index in [0.717, 1.165) is 37.3 Å². The predicted octanol–water partition coefficient (Wildman–Crippen LogP) is 2.40. The van der Waals surface area contributed by atoms with Gasteiger partial charge in [-0.3, -0.25) is 4.90 Å². The van der Waals surface area contributed by atoms with Crippen LogP contribution in [0.15, 0.2) is 12.1 Å². The maximum Gasteiger partial charge on any atom is 0.337 e. The molecule has 22 heavy (non-hydrogen) atoms. The van der Waals surface area contributed by atoms with Gasteiger partial charge in [-0.25, -0.2) is 9.18 Å². The molecule has 2 heterocycles. The summed E-state index contributed by atoms with van der Waals surface area (Å²) in [6.45, 7) is 5.43. The lowest BCUT2D eigenvalue weighted by Gasteiger charge is -2.40. The van der Waals surface area contributed by atoms with Crippen molar-refractivity contribution in [3.63, 3.8) is 0 Å². The molecule has 0 spiro atoms. The first-order chi connectivity index (χ1) is 10.6. The minimum Gasteiger partial charge on any atom is -0.465 e. The smallest absolute Gasteiger partial charge is 0.337 e. The molecule has 2 aliphatic heterocycles. The third kappa shape index (κ3) is 2.88. The summed E-state index contributed by atoms with van der Waals surface area (Å²) < 4.78 is 24.3. The van der Waals surface area contributed by atoms with E-state index in [0.29, 0.717) is 30.5 Å². The monoisotopic (exact) mass is 307 g/mol. The van der Waals surface area contributed by atoms with Crippen molar-refractivity contribution in [3.8, 4) is 0 Å². The average molecular weight is 307 g/mol. The molecule has 1 saturated heterocycles. The number of methoxy groups -OCH3 is 1. The van der Waals surface area contributed by atoms with E-state index >= 15 is 0 Å². The molecule has 1 fully saturated rings. The van der Waals surface area contributed by atoms with Crippen LogP contribution < -0.4 is 0 Å². The Morgan fingerprint density at radius 2 is 2.23 bits per heavy atom. The largest absolute Gasteiger partial charge is 0.465 e. The number of carbonyl (C=O) groups excluding carboxylic acids is 1. The molecule has 0 amide bonds. The van der Waals surface area contributed by atoms with Gasteiger partial charge in [0.1, 0.15) is 5.82 Å². The number of hydrogen-bond acceptors (Lipinski definition) is 4. The number of ether oxygens (including phenoxy) is 2. The van der Waals surface area contributed by atoms with Crippen LogP contribution in [0.2, 0.25) is 0 Å². The van der Waals surface area contributed by atoms with Crippen LogP contribution in [0.25, 0.3) is 0 Å². The second-order valence-electron chi connectivity index (χ2n) is 6.19.